The molecule has 0 aliphatic heterocycles. The molecule has 0 spiro atoms. The van der Waals surface area contributed by atoms with E-state index in [-0.39, 0.29) is 5.97 Å². The van der Waals surface area contributed by atoms with E-state index < -0.39 is 0 Å². The van der Waals surface area contributed by atoms with Gasteiger partial charge in [-0.15, -0.1) is 0 Å². The fourth-order valence-corrected chi connectivity index (χ4v) is 4.68. The van der Waals surface area contributed by atoms with Gasteiger partial charge in [-0.3, -0.25) is 0 Å². The van der Waals surface area contributed by atoms with Gasteiger partial charge >= 0.3 is 5.97 Å². The predicted molar refractivity (Wildman–Crippen MR) is 116 cm³/mol. The van der Waals surface area contributed by atoms with Gasteiger partial charge in [0.25, 0.3) is 0 Å². The summed E-state index contributed by atoms with van der Waals surface area (Å²) in [5.41, 5.74) is 2.33. The molecule has 1 aliphatic carbocycles. The van der Waals surface area contributed by atoms with Crippen LogP contribution in [-0.4, -0.2) is 5.97 Å². The van der Waals surface area contributed by atoms with Crippen LogP contribution < -0.4 is 4.74 Å². The Morgan fingerprint density at radius 3 is 2.55 bits per heavy atom. The number of carbonyl (C=O) groups is 1. The summed E-state index contributed by atoms with van der Waals surface area (Å²) in [6, 6.07) is 16.6. The van der Waals surface area contributed by atoms with Gasteiger partial charge in [0.1, 0.15) is 5.75 Å². The summed E-state index contributed by atoms with van der Waals surface area (Å²) in [6.45, 7) is 4.59. The summed E-state index contributed by atoms with van der Waals surface area (Å²) in [4.78, 5) is 12.9. The summed E-state index contributed by atoms with van der Waals surface area (Å²) in [5, 5.41) is 8.92. The quantitative estimate of drug-likeness (QED) is 0.295. The molecule has 0 radical (unpaired) electrons. The molecule has 1 fully saturated rings. The monoisotopic (exact) mass is 389 g/mol. The van der Waals surface area contributed by atoms with Crippen molar-refractivity contribution in [3.05, 3.63) is 65.2 Å². The zero-order chi connectivity index (χ0) is 20.6. The molecule has 0 bridgehead atoms. The van der Waals surface area contributed by atoms with Crippen LogP contribution in [-0.2, 0) is 0 Å². The third-order valence-corrected chi connectivity index (χ3v) is 6.27. The van der Waals surface area contributed by atoms with Crippen LogP contribution in [0.5, 0.6) is 5.75 Å². The Kier molecular flexibility index (Phi) is 7.47. The first-order chi connectivity index (χ1) is 14.1. The third-order valence-electron chi connectivity index (χ3n) is 6.27. The second-order valence-corrected chi connectivity index (χ2v) is 8.37. The van der Waals surface area contributed by atoms with E-state index in [1.807, 2.05) is 18.2 Å². The number of nitrogens with zero attached hydrogens (tertiary/aromatic N) is 1. The average molecular weight is 390 g/mol. The normalized spacial score (nSPS) is 21.3. The van der Waals surface area contributed by atoms with Crippen molar-refractivity contribution < 1.29 is 9.53 Å². The molecule has 0 aromatic heterocycles. The molecule has 152 valence electrons. The van der Waals surface area contributed by atoms with E-state index in [9.17, 15) is 4.79 Å². The first kappa shape index (κ1) is 21.1. The molecule has 0 saturated heterocycles. The maximum absolute atomic E-state index is 12.9. The minimum atomic E-state index is -0.317. The van der Waals surface area contributed by atoms with Gasteiger partial charge in [-0.05, 0) is 72.9 Å². The number of nitriles is 1. The first-order valence-corrected chi connectivity index (χ1v) is 10.9. The molecule has 0 amide bonds. The van der Waals surface area contributed by atoms with Crippen molar-refractivity contribution in [1.82, 2.24) is 0 Å². The lowest BCUT2D eigenvalue weighted by Gasteiger charge is -2.35. The molecule has 3 atom stereocenters. The van der Waals surface area contributed by atoms with E-state index >= 15 is 0 Å². The van der Waals surface area contributed by atoms with E-state index in [2.05, 4.69) is 26.0 Å². The first-order valence-electron chi connectivity index (χ1n) is 10.9. The van der Waals surface area contributed by atoms with Gasteiger partial charge < -0.3 is 4.74 Å². The number of carbonyl (C=O) groups excluding carboxylic acids is 1. The van der Waals surface area contributed by atoms with Crippen LogP contribution in [0.15, 0.2) is 48.5 Å². The lowest BCUT2D eigenvalue weighted by molar-refractivity contribution is 0.0731. The van der Waals surface area contributed by atoms with Gasteiger partial charge in [0.15, 0.2) is 0 Å². The number of rotatable bonds is 7. The molecule has 0 heterocycles. The zero-order valence-corrected chi connectivity index (χ0v) is 17.6. The molecule has 0 N–H and O–H groups in total. The molecule has 29 heavy (non-hydrogen) atoms. The van der Waals surface area contributed by atoms with Gasteiger partial charge in [-0.1, -0.05) is 57.7 Å². The topological polar surface area (TPSA) is 50.1 Å². The number of hydrogen-bond acceptors (Lipinski definition) is 3. The Hall–Kier alpha value is -2.60. The van der Waals surface area contributed by atoms with Gasteiger partial charge in [-0.2, -0.15) is 5.26 Å². The Morgan fingerprint density at radius 2 is 1.86 bits per heavy atom. The van der Waals surface area contributed by atoms with Gasteiger partial charge in [-0.25, -0.2) is 4.79 Å². The van der Waals surface area contributed by atoms with Crippen LogP contribution in [0.2, 0.25) is 0 Å². The third kappa shape index (κ3) is 5.48. The number of unbranched alkanes of at least 4 members (excludes halogenated alkanes) is 2. The fourth-order valence-electron chi connectivity index (χ4n) is 4.68. The summed E-state index contributed by atoms with van der Waals surface area (Å²) >= 11 is 0. The van der Waals surface area contributed by atoms with Gasteiger partial charge in [0.05, 0.1) is 17.2 Å². The second-order valence-electron chi connectivity index (χ2n) is 8.37. The average Bonchev–Trinajstić information content (AvgIpc) is 2.74. The van der Waals surface area contributed by atoms with Crippen LogP contribution >= 0.6 is 0 Å². The maximum Gasteiger partial charge on any atom is 0.343 e. The summed E-state index contributed by atoms with van der Waals surface area (Å²) in [6.07, 6.45) is 8.92. The molecule has 1 saturated carbocycles. The van der Waals surface area contributed by atoms with Crippen molar-refractivity contribution >= 4 is 5.97 Å². The van der Waals surface area contributed by atoms with E-state index in [0.29, 0.717) is 28.7 Å². The highest BCUT2D eigenvalue weighted by atomic mass is 16.5. The molecule has 3 unspecified atom stereocenters. The molecule has 2 aromatic rings. The van der Waals surface area contributed by atoms with Crippen LogP contribution in [0.3, 0.4) is 0 Å². The molecular weight excluding hydrogens is 358 g/mol. The lowest BCUT2D eigenvalue weighted by atomic mass is 9.70. The number of esters is 1. The highest BCUT2D eigenvalue weighted by Crippen LogP contribution is 2.43. The summed E-state index contributed by atoms with van der Waals surface area (Å²) in [5.74, 6) is 1.95. The minimum absolute atomic E-state index is 0.317. The highest BCUT2D eigenvalue weighted by molar-refractivity contribution is 5.92. The Morgan fingerprint density at radius 1 is 1.10 bits per heavy atom. The van der Waals surface area contributed by atoms with Gasteiger partial charge in [0.2, 0.25) is 0 Å². The summed E-state index contributed by atoms with van der Waals surface area (Å²) in [7, 11) is 0. The SMILES string of the molecule is CCCCCC1CCC(c2ccccc2C(=O)Oc2ccc(C#N)cc2)C(C)C1. The minimum Gasteiger partial charge on any atom is -0.423 e. The van der Waals surface area contributed by atoms with Crippen molar-refractivity contribution in [2.45, 2.75) is 64.7 Å². The largest absolute Gasteiger partial charge is 0.423 e. The maximum atomic E-state index is 12.9. The van der Waals surface area contributed by atoms with Crippen LogP contribution in [0, 0.1) is 23.2 Å². The molecular formula is C26H31NO2. The standard InChI is InChI=1S/C26H31NO2/c1-3-4-5-8-20-13-16-23(19(2)17-20)24-9-6-7-10-25(24)26(28)29-22-14-11-21(18-27)12-15-22/h6-7,9-12,14-15,19-20,23H,3-5,8,13,16-17H2,1-2H3. The molecule has 1 aliphatic rings. The van der Waals surface area contributed by atoms with E-state index in [4.69, 9.17) is 10.00 Å². The van der Waals surface area contributed by atoms with Crippen molar-refractivity contribution in [2.24, 2.45) is 11.8 Å². The smallest absolute Gasteiger partial charge is 0.343 e. The molecule has 3 nitrogen and oxygen atoms in total. The predicted octanol–water partition coefficient (Wildman–Crippen LogP) is 6.88. The molecule has 3 heteroatoms. The number of benzene rings is 2. The molecule has 2 aromatic carbocycles. The zero-order valence-electron chi connectivity index (χ0n) is 17.6. The second kappa shape index (κ2) is 10.3. The van der Waals surface area contributed by atoms with Crippen molar-refractivity contribution in [3.63, 3.8) is 0 Å². The summed E-state index contributed by atoms with van der Waals surface area (Å²) < 4.78 is 5.60. The van der Waals surface area contributed by atoms with Crippen molar-refractivity contribution in [2.75, 3.05) is 0 Å². The Bertz CT molecular complexity index is 850. The number of hydrogen-bond donors (Lipinski definition) is 0. The fraction of sp³-hybridized carbons (Fsp3) is 0.462. The van der Waals surface area contributed by atoms with Crippen LogP contribution in [0.1, 0.15) is 86.2 Å². The van der Waals surface area contributed by atoms with E-state index in [1.165, 1.54) is 38.5 Å². The van der Waals surface area contributed by atoms with Crippen molar-refractivity contribution in [3.8, 4) is 11.8 Å². The van der Waals surface area contributed by atoms with Crippen molar-refractivity contribution in [1.29, 1.82) is 5.26 Å². The van der Waals surface area contributed by atoms with Crippen LogP contribution in [0.25, 0.3) is 0 Å². The van der Waals surface area contributed by atoms with Gasteiger partial charge in [0, 0.05) is 0 Å². The van der Waals surface area contributed by atoms with E-state index in [1.54, 1.807) is 24.3 Å². The van der Waals surface area contributed by atoms with E-state index in [0.717, 1.165) is 17.9 Å². The lowest BCUT2D eigenvalue weighted by Crippen LogP contribution is -2.24. The Labute approximate surface area is 174 Å². The molecule has 3 rings (SSSR count). The van der Waals surface area contributed by atoms with Crippen LogP contribution in [0.4, 0.5) is 0 Å². The highest BCUT2D eigenvalue weighted by Gasteiger charge is 2.31. The Balaban J connectivity index is 1.70. The number of ether oxygens (including phenoxy) is 1.